The monoisotopic (exact) mass is 1260 g/mol. The summed E-state index contributed by atoms with van der Waals surface area (Å²) in [4.78, 5) is 148. The van der Waals surface area contributed by atoms with E-state index in [2.05, 4.69) is 5.32 Å². The van der Waals surface area contributed by atoms with Crippen LogP contribution in [0.25, 0.3) is 0 Å². The molecule has 4 aromatic carbocycles. The van der Waals surface area contributed by atoms with Crippen molar-refractivity contribution in [1.29, 1.82) is 0 Å². The molecular weight excluding hydrogens is 1180 g/mol. The van der Waals surface area contributed by atoms with Crippen LogP contribution in [0, 0.1) is 31.1 Å². The normalized spacial score (nSPS) is 19.1. The van der Waals surface area contributed by atoms with Gasteiger partial charge in [0.15, 0.2) is 13.5 Å². The zero-order chi connectivity index (χ0) is 63.8. The first-order valence-electron chi connectivity index (χ1n) is 30.8. The van der Waals surface area contributed by atoms with Gasteiger partial charge < -0.3 is 29.5 Å². The van der Waals surface area contributed by atoms with Gasteiger partial charge in [0, 0.05) is 92.3 Å². The van der Waals surface area contributed by atoms with Crippen LogP contribution >= 0.6 is 23.2 Å². The predicted octanol–water partition coefficient (Wildman–Crippen LogP) is 8.41. The Kier molecular flexibility index (Phi) is 21.4. The molecule has 6 heterocycles. The van der Waals surface area contributed by atoms with Crippen molar-refractivity contribution in [1.82, 2.24) is 29.8 Å². The van der Waals surface area contributed by atoms with Gasteiger partial charge in [0.2, 0.25) is 17.7 Å². The molecule has 2 atom stereocenters. The van der Waals surface area contributed by atoms with Gasteiger partial charge >= 0.3 is 11.9 Å². The van der Waals surface area contributed by atoms with Crippen molar-refractivity contribution in [3.8, 4) is 0 Å². The van der Waals surface area contributed by atoms with E-state index in [0.29, 0.717) is 105 Å². The summed E-state index contributed by atoms with van der Waals surface area (Å²) >= 11 is 12.4. The number of imide groups is 2. The van der Waals surface area contributed by atoms with E-state index in [1.165, 1.54) is 9.80 Å². The highest BCUT2D eigenvalue weighted by molar-refractivity contribution is 6.31. The second-order valence-corrected chi connectivity index (χ2v) is 26.3. The van der Waals surface area contributed by atoms with Crippen molar-refractivity contribution in [3.63, 3.8) is 0 Å². The fourth-order valence-electron chi connectivity index (χ4n) is 12.3. The number of amides is 7. The number of fused-ring (bicyclic) bond motifs is 2. The van der Waals surface area contributed by atoms with Gasteiger partial charge in [-0.25, -0.2) is 9.80 Å². The molecule has 0 radical (unpaired) electrons. The molecule has 1 N–H and O–H groups in total. The molecule has 4 fully saturated rings. The maximum Gasteiger partial charge on any atom is 0.310 e. The molecule has 0 aromatic heterocycles. The summed E-state index contributed by atoms with van der Waals surface area (Å²) in [6.45, 7) is 11.7. The van der Waals surface area contributed by atoms with Crippen LogP contribution in [-0.4, -0.2) is 141 Å². The SMILES string of the molecule is Cc1ccc(CC(=O)CCc2ccc3c(c2)CN(C2CCC(=O)N(COC(=O)C4CCN(C(=O)CC(C)(C)C)CC4)C2=O)C3=O)cc1Cl.Cc1ccc(CC(=O)CCc2ccc3c(c2)CN(C2CCC(=O)N(COC(=O)C4CCNCC4)C2=O)C3=O)cc1Cl. The van der Waals surface area contributed by atoms with E-state index in [1.807, 2.05) is 95.3 Å². The molecule has 89 heavy (non-hydrogen) atoms. The number of Topliss-reactive ketones (excluding diaryl/α,β-unsaturated/α-hetero) is 2. The summed E-state index contributed by atoms with van der Waals surface area (Å²) in [6, 6.07) is 20.6. The Balaban J connectivity index is 0.000000214. The first kappa shape index (κ1) is 65.8. The zero-order valence-electron chi connectivity index (χ0n) is 51.3. The minimum atomic E-state index is -0.857. The summed E-state index contributed by atoms with van der Waals surface area (Å²) in [5, 5.41) is 4.46. The first-order valence-corrected chi connectivity index (χ1v) is 31.6. The second-order valence-electron chi connectivity index (χ2n) is 25.5. The Hall–Kier alpha value is -7.61. The summed E-state index contributed by atoms with van der Waals surface area (Å²) < 4.78 is 10.8. The standard InChI is InChI=1S/C37H44ClN3O7.C31H34ClN3O6/c1-23-5-6-25(19-30(23)38)18-28(42)9-7-24-8-10-29-27(17-24)21-40(34(29)45)31-11-12-32(43)41(35(31)46)22-48-36(47)26-13-15-39(16-14-26)33(44)20-37(2,3)4;1-19-2-3-21(16-26(19)32)15-24(36)6-4-20-5-7-25-23(14-20)17-34(29(25)38)27-8-9-28(37)35(30(27)39)18-41-31(40)22-10-12-33-13-11-22/h5-6,8,10,17,19,26,31H,7,9,11-16,18,20-22H2,1-4H3;2-3,5,7,14,16,22,27,33H,4,6,8-13,15,17-18H2,1H3. The lowest BCUT2D eigenvalue weighted by atomic mass is 9.90. The number of rotatable bonds is 19. The minimum Gasteiger partial charge on any atom is -0.443 e. The third-order valence-electron chi connectivity index (χ3n) is 17.6. The Morgan fingerprint density at radius 2 is 0.966 bits per heavy atom. The number of hydrogen-bond donors (Lipinski definition) is 1. The van der Waals surface area contributed by atoms with Gasteiger partial charge in [0.05, 0.1) is 11.8 Å². The molecule has 4 aromatic rings. The highest BCUT2D eigenvalue weighted by Crippen LogP contribution is 2.33. The number of nitrogens with one attached hydrogen (secondary N) is 1. The minimum absolute atomic E-state index is 0.0436. The molecule has 2 unspecified atom stereocenters. The highest BCUT2D eigenvalue weighted by atomic mass is 35.5. The quantitative estimate of drug-likeness (QED) is 0.0686. The van der Waals surface area contributed by atoms with Crippen LogP contribution in [0.2, 0.25) is 10.0 Å². The van der Waals surface area contributed by atoms with Crippen LogP contribution in [0.5, 0.6) is 0 Å². The summed E-state index contributed by atoms with van der Waals surface area (Å²) in [5.41, 5.74) is 7.98. The first-order chi connectivity index (χ1) is 42.4. The van der Waals surface area contributed by atoms with Crippen molar-refractivity contribution >= 4 is 88.1 Å². The number of benzene rings is 4. The molecule has 0 spiro atoms. The average molecular weight is 1260 g/mol. The van der Waals surface area contributed by atoms with Gasteiger partial charge in [-0.1, -0.05) is 92.5 Å². The molecule has 19 nitrogen and oxygen atoms in total. The summed E-state index contributed by atoms with van der Waals surface area (Å²) in [7, 11) is 0. The third kappa shape index (κ3) is 16.4. The van der Waals surface area contributed by atoms with Crippen LogP contribution in [-0.2, 0) is 91.4 Å². The number of piperidine rings is 4. The highest BCUT2D eigenvalue weighted by Gasteiger charge is 2.45. The fraction of sp³-hybridized carbons (Fsp3) is 0.485. The maximum absolute atomic E-state index is 13.5. The number of halogens is 2. The Morgan fingerprint density at radius 3 is 1.38 bits per heavy atom. The van der Waals surface area contributed by atoms with Gasteiger partial charge in [0.25, 0.3) is 23.6 Å². The number of esters is 2. The summed E-state index contributed by atoms with van der Waals surface area (Å²) in [6.07, 6.45) is 5.54. The van der Waals surface area contributed by atoms with Gasteiger partial charge in [-0.2, -0.15) is 0 Å². The van der Waals surface area contributed by atoms with Gasteiger partial charge in [-0.3, -0.25) is 52.7 Å². The molecule has 6 aliphatic heterocycles. The van der Waals surface area contributed by atoms with Crippen LogP contribution in [0.3, 0.4) is 0 Å². The molecule has 10 rings (SSSR count). The smallest absolute Gasteiger partial charge is 0.310 e. The number of ketones is 2. The molecule has 0 saturated carbocycles. The van der Waals surface area contributed by atoms with E-state index < -0.39 is 67.0 Å². The van der Waals surface area contributed by atoms with Gasteiger partial charge in [-0.05, 0) is 152 Å². The topological polar surface area (TPSA) is 234 Å². The van der Waals surface area contributed by atoms with E-state index in [4.69, 9.17) is 32.7 Å². The Labute approximate surface area is 529 Å². The number of nitrogens with zero attached hydrogens (tertiary/aromatic N) is 5. The van der Waals surface area contributed by atoms with Crippen LogP contribution in [0.15, 0.2) is 72.8 Å². The average Bonchev–Trinajstić information content (AvgIpc) is 1.72. The third-order valence-corrected chi connectivity index (χ3v) is 18.4. The van der Waals surface area contributed by atoms with Crippen molar-refractivity contribution in [2.45, 2.75) is 156 Å². The van der Waals surface area contributed by atoms with Crippen molar-refractivity contribution in [3.05, 3.63) is 138 Å². The predicted molar refractivity (Wildman–Crippen MR) is 330 cm³/mol. The molecule has 7 amide bonds. The van der Waals surface area contributed by atoms with Crippen LogP contribution < -0.4 is 5.32 Å². The van der Waals surface area contributed by atoms with E-state index in [0.717, 1.165) is 67.4 Å². The molecule has 0 aliphatic carbocycles. The lowest BCUT2D eigenvalue weighted by molar-refractivity contribution is -0.169. The lowest BCUT2D eigenvalue weighted by Crippen LogP contribution is -2.55. The lowest BCUT2D eigenvalue weighted by Gasteiger charge is -2.35. The fourth-order valence-corrected chi connectivity index (χ4v) is 12.7. The van der Waals surface area contributed by atoms with E-state index in [9.17, 15) is 52.7 Å². The molecule has 472 valence electrons. The van der Waals surface area contributed by atoms with Crippen molar-refractivity contribution in [2.75, 3.05) is 39.6 Å². The summed E-state index contributed by atoms with van der Waals surface area (Å²) in [5.74, 6) is -3.83. The molecule has 0 bridgehead atoms. The number of aryl methyl sites for hydroxylation is 4. The van der Waals surface area contributed by atoms with Gasteiger partial charge in [0.1, 0.15) is 23.7 Å². The molecule has 6 aliphatic rings. The van der Waals surface area contributed by atoms with Crippen molar-refractivity contribution < 1.29 is 62.2 Å². The van der Waals surface area contributed by atoms with E-state index in [1.54, 1.807) is 17.0 Å². The van der Waals surface area contributed by atoms with Gasteiger partial charge in [-0.15, -0.1) is 0 Å². The van der Waals surface area contributed by atoms with E-state index in [-0.39, 0.29) is 79.4 Å². The number of carbonyl (C=O) groups is 11. The van der Waals surface area contributed by atoms with E-state index >= 15 is 0 Å². The Bertz CT molecular complexity index is 3460. The second kappa shape index (κ2) is 28.9. The zero-order valence-corrected chi connectivity index (χ0v) is 52.8. The molecule has 4 saturated heterocycles. The number of carbonyl (C=O) groups excluding carboxylic acids is 11. The maximum atomic E-state index is 13.5. The number of hydrogen-bond acceptors (Lipinski definition) is 14. The molecule has 21 heteroatoms. The number of ether oxygens (including phenoxy) is 2. The van der Waals surface area contributed by atoms with Crippen LogP contribution in [0.4, 0.5) is 0 Å². The molecular formula is C68H78Cl2N6O13. The largest absolute Gasteiger partial charge is 0.443 e. The van der Waals surface area contributed by atoms with Crippen molar-refractivity contribution in [2.24, 2.45) is 17.3 Å². The Morgan fingerprint density at radius 1 is 0.551 bits per heavy atom. The van der Waals surface area contributed by atoms with Crippen LogP contribution in [0.1, 0.15) is 157 Å². The number of likely N-dealkylation sites (tertiary alicyclic amines) is 3.